The lowest BCUT2D eigenvalue weighted by atomic mass is 9.88. The average Bonchev–Trinajstić information content (AvgIpc) is 2.99. The molecular formula is C19H24N2O4S2. The smallest absolute Gasteiger partial charge is 0.252 e. The van der Waals surface area contributed by atoms with Crippen LogP contribution in [0.4, 0.5) is 0 Å². The van der Waals surface area contributed by atoms with Gasteiger partial charge in [-0.3, -0.25) is 9.59 Å². The minimum absolute atomic E-state index is 0.00596. The summed E-state index contributed by atoms with van der Waals surface area (Å²) in [6, 6.07) is 10.5. The molecule has 146 valence electrons. The van der Waals surface area contributed by atoms with Crippen LogP contribution in [0.2, 0.25) is 0 Å². The number of Topliss-reactive ketones (excluding diaryl/α,β-unsaturated/α-hetero) is 1. The van der Waals surface area contributed by atoms with Gasteiger partial charge in [0.15, 0.2) is 0 Å². The predicted octanol–water partition coefficient (Wildman–Crippen LogP) is 2.83. The van der Waals surface area contributed by atoms with Crippen LogP contribution in [0.5, 0.6) is 0 Å². The molecular weight excluding hydrogens is 384 g/mol. The summed E-state index contributed by atoms with van der Waals surface area (Å²) in [6.07, 6.45) is -0.0235. The van der Waals surface area contributed by atoms with Gasteiger partial charge in [0.25, 0.3) is 10.0 Å². The van der Waals surface area contributed by atoms with Crippen LogP contribution in [0.3, 0.4) is 0 Å². The van der Waals surface area contributed by atoms with Crippen molar-refractivity contribution in [2.24, 2.45) is 11.1 Å². The number of nitrogens with two attached hydrogens (primary N) is 1. The van der Waals surface area contributed by atoms with Gasteiger partial charge < -0.3 is 5.73 Å². The fourth-order valence-electron chi connectivity index (χ4n) is 2.36. The number of nitrogens with zero attached hydrogens (tertiary/aromatic N) is 1. The summed E-state index contributed by atoms with van der Waals surface area (Å²) in [4.78, 5) is 24.5. The van der Waals surface area contributed by atoms with E-state index in [-0.39, 0.29) is 28.5 Å². The molecule has 1 heterocycles. The highest BCUT2D eigenvalue weighted by atomic mass is 32.2. The number of primary amides is 1. The molecule has 1 aromatic carbocycles. The molecule has 27 heavy (non-hydrogen) atoms. The predicted molar refractivity (Wildman–Crippen MR) is 106 cm³/mol. The van der Waals surface area contributed by atoms with Crippen LogP contribution < -0.4 is 5.73 Å². The normalized spacial score (nSPS) is 12.3. The fraction of sp³-hybridized carbons (Fsp3) is 0.368. The van der Waals surface area contributed by atoms with Crippen LogP contribution >= 0.6 is 11.3 Å². The molecule has 0 unspecified atom stereocenters. The molecule has 1 aromatic heterocycles. The Morgan fingerprint density at radius 2 is 1.74 bits per heavy atom. The van der Waals surface area contributed by atoms with E-state index in [0.717, 1.165) is 16.9 Å². The Kier molecular flexibility index (Phi) is 6.24. The number of amides is 1. The summed E-state index contributed by atoms with van der Waals surface area (Å²) in [5.41, 5.74) is 5.74. The van der Waals surface area contributed by atoms with E-state index >= 15 is 0 Å². The first kappa shape index (κ1) is 21.3. The van der Waals surface area contributed by atoms with Gasteiger partial charge in [0, 0.05) is 30.3 Å². The second kappa shape index (κ2) is 7.92. The van der Waals surface area contributed by atoms with Crippen molar-refractivity contribution in [3.63, 3.8) is 0 Å². The fourth-order valence-corrected chi connectivity index (χ4v) is 5.25. The minimum atomic E-state index is -3.81. The number of ketones is 1. The van der Waals surface area contributed by atoms with Crippen molar-refractivity contribution in [2.45, 2.75) is 37.9 Å². The maximum absolute atomic E-state index is 12.9. The third-order valence-corrected chi connectivity index (χ3v) is 7.51. The lowest BCUT2D eigenvalue weighted by Crippen LogP contribution is -2.25. The van der Waals surface area contributed by atoms with Gasteiger partial charge >= 0.3 is 0 Å². The molecule has 0 bridgehead atoms. The minimum Gasteiger partial charge on any atom is -0.366 e. The van der Waals surface area contributed by atoms with Gasteiger partial charge in [0.05, 0.1) is 5.56 Å². The highest BCUT2D eigenvalue weighted by Gasteiger charge is 2.29. The Hall–Kier alpha value is -2.03. The highest BCUT2D eigenvalue weighted by Crippen LogP contribution is 2.31. The molecule has 0 saturated carbocycles. The molecule has 0 fully saturated rings. The number of carbonyl (C=O) groups is 2. The maximum atomic E-state index is 12.9. The van der Waals surface area contributed by atoms with Gasteiger partial charge in [-0.2, -0.15) is 4.31 Å². The van der Waals surface area contributed by atoms with Crippen molar-refractivity contribution in [1.82, 2.24) is 4.31 Å². The van der Waals surface area contributed by atoms with E-state index in [4.69, 9.17) is 5.73 Å². The number of hydrogen-bond donors (Lipinski definition) is 1. The van der Waals surface area contributed by atoms with E-state index in [0.29, 0.717) is 4.88 Å². The largest absolute Gasteiger partial charge is 0.366 e. The van der Waals surface area contributed by atoms with E-state index in [2.05, 4.69) is 0 Å². The average molecular weight is 409 g/mol. The van der Waals surface area contributed by atoms with Crippen LogP contribution in [0, 0.1) is 5.41 Å². The Morgan fingerprint density at radius 3 is 2.26 bits per heavy atom. The number of thiophene rings is 1. The van der Waals surface area contributed by atoms with E-state index < -0.39 is 21.3 Å². The van der Waals surface area contributed by atoms with Gasteiger partial charge in [-0.1, -0.05) is 51.1 Å². The first-order chi connectivity index (χ1) is 12.4. The summed E-state index contributed by atoms with van der Waals surface area (Å²) in [6.45, 7) is 5.53. The monoisotopic (exact) mass is 408 g/mol. The van der Waals surface area contributed by atoms with Crippen molar-refractivity contribution in [3.8, 4) is 0 Å². The van der Waals surface area contributed by atoms with Gasteiger partial charge in [-0.15, -0.1) is 11.3 Å². The summed E-state index contributed by atoms with van der Waals surface area (Å²) in [7, 11) is -2.33. The maximum Gasteiger partial charge on any atom is 0.252 e. The molecule has 0 aliphatic carbocycles. The van der Waals surface area contributed by atoms with Gasteiger partial charge in [0.2, 0.25) is 5.91 Å². The van der Waals surface area contributed by atoms with Crippen LogP contribution in [-0.4, -0.2) is 31.5 Å². The summed E-state index contributed by atoms with van der Waals surface area (Å²) >= 11 is 0.927. The Morgan fingerprint density at radius 1 is 1.15 bits per heavy atom. The molecule has 2 rings (SSSR count). The zero-order chi connectivity index (χ0) is 20.4. The quantitative estimate of drug-likeness (QED) is 0.762. The van der Waals surface area contributed by atoms with Crippen molar-refractivity contribution in [1.29, 1.82) is 0 Å². The topological polar surface area (TPSA) is 97.5 Å². The zero-order valence-electron chi connectivity index (χ0n) is 15.9. The third kappa shape index (κ3) is 5.03. The third-order valence-electron chi connectivity index (χ3n) is 4.12. The van der Waals surface area contributed by atoms with Gasteiger partial charge in [0.1, 0.15) is 9.99 Å². The Labute approximate surface area is 164 Å². The molecule has 8 heteroatoms. The molecule has 0 atom stereocenters. The zero-order valence-corrected chi connectivity index (χ0v) is 17.5. The Bertz CT molecular complexity index is 942. The molecule has 0 spiro atoms. The summed E-state index contributed by atoms with van der Waals surface area (Å²) in [5, 5.41) is 0. The lowest BCUT2D eigenvalue weighted by molar-refractivity contribution is -0.125. The SMILES string of the molecule is CN(Cc1ccccc1)S(=O)(=O)c1cc(C(N)=O)c(CC(=O)C(C)(C)C)s1. The molecule has 0 aliphatic rings. The number of sulfonamides is 1. The molecule has 0 aliphatic heterocycles. The van der Waals surface area contributed by atoms with Crippen molar-refractivity contribution < 1.29 is 18.0 Å². The number of benzene rings is 1. The second-order valence-corrected chi connectivity index (χ2v) is 10.8. The van der Waals surface area contributed by atoms with Crippen molar-refractivity contribution in [3.05, 3.63) is 52.4 Å². The standard InChI is InChI=1S/C19H24N2O4S2/c1-19(2,3)16(22)11-15-14(18(20)23)10-17(26-15)27(24,25)21(4)12-13-8-6-5-7-9-13/h5-10H,11-12H2,1-4H3,(H2,20,23). The van der Waals surface area contributed by atoms with Gasteiger partial charge in [-0.05, 0) is 11.6 Å². The van der Waals surface area contributed by atoms with Crippen LogP contribution in [0.25, 0.3) is 0 Å². The first-order valence-electron chi connectivity index (χ1n) is 8.39. The van der Waals surface area contributed by atoms with Crippen molar-refractivity contribution >= 4 is 33.1 Å². The van der Waals surface area contributed by atoms with Crippen LogP contribution in [0.1, 0.15) is 41.6 Å². The molecule has 1 amide bonds. The summed E-state index contributed by atoms with van der Waals surface area (Å²) < 4.78 is 27.0. The first-order valence-corrected chi connectivity index (χ1v) is 10.6. The lowest BCUT2D eigenvalue weighted by Gasteiger charge is -2.16. The molecule has 0 saturated heterocycles. The highest BCUT2D eigenvalue weighted by molar-refractivity contribution is 7.91. The second-order valence-electron chi connectivity index (χ2n) is 7.36. The molecule has 2 aromatic rings. The van der Waals surface area contributed by atoms with Gasteiger partial charge in [-0.25, -0.2) is 8.42 Å². The Balaban J connectivity index is 2.35. The van der Waals surface area contributed by atoms with Crippen LogP contribution in [0.15, 0.2) is 40.6 Å². The van der Waals surface area contributed by atoms with E-state index in [9.17, 15) is 18.0 Å². The van der Waals surface area contributed by atoms with Crippen LogP contribution in [-0.2, 0) is 27.8 Å². The number of hydrogen-bond acceptors (Lipinski definition) is 5. The summed E-state index contributed by atoms with van der Waals surface area (Å²) in [5.74, 6) is -0.830. The molecule has 0 radical (unpaired) electrons. The van der Waals surface area contributed by atoms with E-state index in [1.54, 1.807) is 20.8 Å². The van der Waals surface area contributed by atoms with E-state index in [1.165, 1.54) is 17.4 Å². The molecule has 2 N–H and O–H groups in total. The molecule has 6 nitrogen and oxygen atoms in total. The van der Waals surface area contributed by atoms with Crippen molar-refractivity contribution in [2.75, 3.05) is 7.05 Å². The number of rotatable bonds is 7. The number of carbonyl (C=O) groups excluding carboxylic acids is 2. The van der Waals surface area contributed by atoms with E-state index in [1.807, 2.05) is 30.3 Å².